The number of nitrogens with zero attached hydrogens (tertiary/aromatic N) is 1. The topological polar surface area (TPSA) is 51.2 Å². The van der Waals surface area contributed by atoms with Crippen molar-refractivity contribution in [2.24, 2.45) is 0 Å². The zero-order valence-corrected chi connectivity index (χ0v) is 10.4. The van der Waals surface area contributed by atoms with Gasteiger partial charge in [0.2, 0.25) is 5.88 Å². The first-order chi connectivity index (χ1) is 9.20. The molecule has 0 aliphatic heterocycles. The van der Waals surface area contributed by atoms with Gasteiger partial charge in [-0.25, -0.2) is 9.37 Å². The van der Waals surface area contributed by atoms with Crippen LogP contribution in [0.25, 0.3) is 0 Å². The molecule has 0 atom stereocenters. The highest BCUT2D eigenvalue weighted by Crippen LogP contribution is 2.21. The van der Waals surface area contributed by atoms with Crippen LogP contribution in [0.4, 0.5) is 10.1 Å². The maximum atomic E-state index is 12.8. The molecular formula is C14H13FN2O2. The van der Waals surface area contributed by atoms with Crippen LogP contribution in [0.15, 0.2) is 42.6 Å². The van der Waals surface area contributed by atoms with Gasteiger partial charge in [-0.2, -0.15) is 0 Å². The smallest absolute Gasteiger partial charge is 0.255 e. The number of hydrogen-bond acceptors (Lipinski definition) is 3. The molecule has 98 valence electrons. The Bertz CT molecular complexity index is 570. The fourth-order valence-electron chi connectivity index (χ4n) is 1.53. The average molecular weight is 260 g/mol. The van der Waals surface area contributed by atoms with Crippen LogP contribution in [0.2, 0.25) is 0 Å². The van der Waals surface area contributed by atoms with Gasteiger partial charge < -0.3 is 10.1 Å². The number of pyridine rings is 1. The summed E-state index contributed by atoms with van der Waals surface area (Å²) < 4.78 is 18.1. The Kier molecular flexibility index (Phi) is 4.07. The van der Waals surface area contributed by atoms with Crippen molar-refractivity contribution in [1.29, 1.82) is 0 Å². The van der Waals surface area contributed by atoms with Gasteiger partial charge in [-0.3, -0.25) is 4.79 Å². The molecule has 0 radical (unpaired) electrons. The number of ether oxygens (including phenoxy) is 1. The number of halogens is 1. The van der Waals surface area contributed by atoms with Gasteiger partial charge in [0.1, 0.15) is 11.5 Å². The molecule has 0 fully saturated rings. The van der Waals surface area contributed by atoms with Gasteiger partial charge in [-0.1, -0.05) is 0 Å². The molecule has 0 unspecified atom stereocenters. The summed E-state index contributed by atoms with van der Waals surface area (Å²) in [6.07, 6.45) is 1.58. The highest BCUT2D eigenvalue weighted by Gasteiger charge is 2.10. The van der Waals surface area contributed by atoms with Gasteiger partial charge in [0.05, 0.1) is 6.61 Å². The first-order valence-electron chi connectivity index (χ1n) is 5.85. The predicted molar refractivity (Wildman–Crippen MR) is 69.8 cm³/mol. The summed E-state index contributed by atoms with van der Waals surface area (Å²) in [7, 11) is 0. The summed E-state index contributed by atoms with van der Waals surface area (Å²) in [5.41, 5.74) is 0.853. The van der Waals surface area contributed by atoms with E-state index in [1.807, 2.05) is 6.92 Å². The number of carbonyl (C=O) groups excluding carboxylic acids is 1. The monoisotopic (exact) mass is 260 g/mol. The number of benzene rings is 1. The second-order valence-corrected chi connectivity index (χ2v) is 3.75. The Morgan fingerprint density at radius 2 is 2.05 bits per heavy atom. The molecule has 2 aromatic rings. The molecule has 2 rings (SSSR count). The van der Waals surface area contributed by atoms with Crippen LogP contribution >= 0.6 is 0 Å². The van der Waals surface area contributed by atoms with Crippen molar-refractivity contribution in [3.8, 4) is 5.88 Å². The molecule has 0 saturated carbocycles. The molecule has 1 amide bonds. The summed E-state index contributed by atoms with van der Waals surface area (Å²) >= 11 is 0. The Morgan fingerprint density at radius 1 is 1.32 bits per heavy atom. The van der Waals surface area contributed by atoms with Crippen molar-refractivity contribution in [2.75, 3.05) is 11.9 Å². The molecule has 0 aliphatic carbocycles. The molecule has 4 nitrogen and oxygen atoms in total. The zero-order chi connectivity index (χ0) is 13.7. The fourth-order valence-corrected chi connectivity index (χ4v) is 1.53. The molecule has 1 aromatic heterocycles. The third kappa shape index (κ3) is 3.28. The van der Waals surface area contributed by atoms with E-state index in [1.54, 1.807) is 18.3 Å². The second-order valence-electron chi connectivity index (χ2n) is 3.75. The summed E-state index contributed by atoms with van der Waals surface area (Å²) in [6.45, 7) is 2.29. The average Bonchev–Trinajstić information content (AvgIpc) is 2.42. The van der Waals surface area contributed by atoms with E-state index in [2.05, 4.69) is 10.3 Å². The van der Waals surface area contributed by atoms with Crippen LogP contribution < -0.4 is 10.1 Å². The van der Waals surface area contributed by atoms with Crippen LogP contribution in [-0.2, 0) is 0 Å². The Balaban J connectivity index is 2.16. The van der Waals surface area contributed by atoms with Gasteiger partial charge in [-0.05, 0) is 43.3 Å². The fraction of sp³-hybridized carbons (Fsp3) is 0.143. The Morgan fingerprint density at radius 3 is 2.74 bits per heavy atom. The standard InChI is InChI=1S/C14H13FN2O2/c1-2-19-14-12(4-3-9-16-14)17-13(18)10-5-7-11(15)8-6-10/h3-9H,2H2,1H3,(H,17,18). The molecule has 0 spiro atoms. The van der Waals surface area contributed by atoms with Gasteiger partial charge in [-0.15, -0.1) is 0 Å². The van der Waals surface area contributed by atoms with Crippen LogP contribution in [-0.4, -0.2) is 17.5 Å². The van der Waals surface area contributed by atoms with E-state index < -0.39 is 0 Å². The number of anilines is 1. The van der Waals surface area contributed by atoms with Crippen LogP contribution in [0.1, 0.15) is 17.3 Å². The minimum Gasteiger partial charge on any atom is -0.476 e. The van der Waals surface area contributed by atoms with Crippen LogP contribution in [0.3, 0.4) is 0 Å². The maximum absolute atomic E-state index is 12.8. The SMILES string of the molecule is CCOc1ncccc1NC(=O)c1ccc(F)cc1. The van der Waals surface area contributed by atoms with Gasteiger partial charge in [0.15, 0.2) is 0 Å². The van der Waals surface area contributed by atoms with E-state index in [0.717, 1.165) is 0 Å². The minimum absolute atomic E-state index is 0.339. The van der Waals surface area contributed by atoms with Crippen LogP contribution in [0.5, 0.6) is 5.88 Å². The summed E-state index contributed by atoms with van der Waals surface area (Å²) in [6, 6.07) is 8.70. The van der Waals surface area contributed by atoms with Crippen LogP contribution in [0, 0.1) is 5.82 Å². The second kappa shape index (κ2) is 5.95. The minimum atomic E-state index is -0.382. The number of rotatable bonds is 4. The van der Waals surface area contributed by atoms with Crippen molar-refractivity contribution >= 4 is 11.6 Å². The van der Waals surface area contributed by atoms with E-state index in [4.69, 9.17) is 4.74 Å². The first kappa shape index (κ1) is 13.0. The van der Waals surface area contributed by atoms with E-state index in [0.29, 0.717) is 23.7 Å². The van der Waals surface area contributed by atoms with Crippen molar-refractivity contribution in [3.63, 3.8) is 0 Å². The number of carbonyl (C=O) groups is 1. The Hall–Kier alpha value is -2.43. The number of nitrogens with one attached hydrogen (secondary N) is 1. The molecule has 0 saturated heterocycles. The molecule has 1 heterocycles. The van der Waals surface area contributed by atoms with Crippen molar-refractivity contribution in [3.05, 3.63) is 54.0 Å². The lowest BCUT2D eigenvalue weighted by Crippen LogP contribution is -2.13. The normalized spacial score (nSPS) is 10.0. The van der Waals surface area contributed by atoms with Gasteiger partial charge in [0, 0.05) is 11.8 Å². The molecule has 0 bridgehead atoms. The molecule has 1 aromatic carbocycles. The lowest BCUT2D eigenvalue weighted by atomic mass is 10.2. The van der Waals surface area contributed by atoms with E-state index in [9.17, 15) is 9.18 Å². The predicted octanol–water partition coefficient (Wildman–Crippen LogP) is 2.87. The lowest BCUT2D eigenvalue weighted by Gasteiger charge is -2.09. The van der Waals surface area contributed by atoms with Crippen molar-refractivity contribution < 1.29 is 13.9 Å². The number of hydrogen-bond donors (Lipinski definition) is 1. The summed E-state index contributed by atoms with van der Waals surface area (Å²) in [5.74, 6) is -0.359. The quantitative estimate of drug-likeness (QED) is 0.919. The van der Waals surface area contributed by atoms with Gasteiger partial charge in [0.25, 0.3) is 5.91 Å². The third-order valence-electron chi connectivity index (χ3n) is 2.41. The molecule has 1 N–H and O–H groups in total. The van der Waals surface area contributed by atoms with E-state index >= 15 is 0 Å². The highest BCUT2D eigenvalue weighted by atomic mass is 19.1. The summed E-state index contributed by atoms with van der Waals surface area (Å²) in [4.78, 5) is 16.0. The van der Waals surface area contributed by atoms with Crippen molar-refractivity contribution in [1.82, 2.24) is 4.98 Å². The first-order valence-corrected chi connectivity index (χ1v) is 5.85. The summed E-state index contributed by atoms with van der Waals surface area (Å²) in [5, 5.41) is 2.68. The largest absolute Gasteiger partial charge is 0.476 e. The van der Waals surface area contributed by atoms with E-state index in [1.165, 1.54) is 24.3 Å². The number of amides is 1. The molecule has 5 heteroatoms. The maximum Gasteiger partial charge on any atom is 0.255 e. The molecule has 0 aliphatic rings. The molecule has 19 heavy (non-hydrogen) atoms. The number of aromatic nitrogens is 1. The lowest BCUT2D eigenvalue weighted by molar-refractivity contribution is 0.102. The Labute approximate surface area is 110 Å². The molecular weight excluding hydrogens is 247 g/mol. The van der Waals surface area contributed by atoms with Gasteiger partial charge >= 0.3 is 0 Å². The highest BCUT2D eigenvalue weighted by molar-refractivity contribution is 6.04. The third-order valence-corrected chi connectivity index (χ3v) is 2.41. The van der Waals surface area contributed by atoms with E-state index in [-0.39, 0.29) is 11.7 Å². The zero-order valence-electron chi connectivity index (χ0n) is 10.4. The van der Waals surface area contributed by atoms with Crippen molar-refractivity contribution in [2.45, 2.75) is 6.92 Å².